The number of nitrogens with two attached hydrogens (primary N) is 1. The Labute approximate surface area is 127 Å². The maximum atomic E-state index is 6.56. The molecule has 1 aliphatic heterocycles. The van der Waals surface area contributed by atoms with E-state index in [4.69, 9.17) is 10.5 Å². The van der Waals surface area contributed by atoms with Crippen molar-refractivity contribution in [3.05, 3.63) is 63.1 Å². The highest BCUT2D eigenvalue weighted by molar-refractivity contribution is 9.10. The van der Waals surface area contributed by atoms with Crippen molar-refractivity contribution in [3.63, 3.8) is 0 Å². The van der Waals surface area contributed by atoms with Gasteiger partial charge in [-0.25, -0.2) is 0 Å². The molecule has 0 spiro atoms. The van der Waals surface area contributed by atoms with Gasteiger partial charge in [-0.3, -0.25) is 0 Å². The quantitative estimate of drug-likeness (QED) is 0.911. The molecule has 0 aromatic heterocycles. The van der Waals surface area contributed by atoms with Crippen molar-refractivity contribution in [2.24, 2.45) is 5.73 Å². The minimum atomic E-state index is 0.00856. The zero-order valence-electron chi connectivity index (χ0n) is 11.1. The summed E-state index contributed by atoms with van der Waals surface area (Å²) in [6.45, 7) is 0.771. The topological polar surface area (TPSA) is 35.2 Å². The molecule has 0 amide bonds. The van der Waals surface area contributed by atoms with Crippen LogP contribution in [0.25, 0.3) is 0 Å². The highest BCUT2D eigenvalue weighted by Crippen LogP contribution is 2.46. The summed E-state index contributed by atoms with van der Waals surface area (Å²) in [5, 5.41) is 0. The Balaban J connectivity index is 1.73. The van der Waals surface area contributed by atoms with Crippen LogP contribution in [0, 0.1) is 0 Å². The standard InChI is InChI=1S/C17H16BrNO/c18-12-7-11-5-6-20-17(11)15(9-12)16(19)14-8-10-3-1-2-4-13(10)14/h1-4,7,9,14,16H,5-6,8,19H2. The Kier molecular flexibility index (Phi) is 2.86. The average molecular weight is 330 g/mol. The first-order chi connectivity index (χ1) is 9.74. The van der Waals surface area contributed by atoms with Crippen molar-refractivity contribution in [2.45, 2.75) is 24.8 Å². The van der Waals surface area contributed by atoms with Crippen LogP contribution in [-0.4, -0.2) is 6.61 Å². The first-order valence-electron chi connectivity index (χ1n) is 7.02. The number of halogens is 1. The van der Waals surface area contributed by atoms with E-state index < -0.39 is 0 Å². The third-order valence-corrected chi connectivity index (χ3v) is 4.92. The van der Waals surface area contributed by atoms with E-state index in [-0.39, 0.29) is 6.04 Å². The first-order valence-corrected chi connectivity index (χ1v) is 7.82. The van der Waals surface area contributed by atoms with Gasteiger partial charge in [0.1, 0.15) is 5.75 Å². The van der Waals surface area contributed by atoms with E-state index in [9.17, 15) is 0 Å². The van der Waals surface area contributed by atoms with Gasteiger partial charge in [0.05, 0.1) is 6.61 Å². The maximum absolute atomic E-state index is 6.56. The average Bonchev–Trinajstić information content (AvgIpc) is 2.87. The fourth-order valence-corrected chi connectivity index (χ4v) is 3.90. The van der Waals surface area contributed by atoms with Crippen molar-refractivity contribution in [3.8, 4) is 5.75 Å². The molecule has 2 N–H and O–H groups in total. The molecule has 1 aliphatic carbocycles. The molecule has 2 aliphatic rings. The molecule has 0 bridgehead atoms. The molecule has 2 aromatic carbocycles. The number of hydrogen-bond acceptors (Lipinski definition) is 2. The second-order valence-electron chi connectivity index (χ2n) is 5.62. The van der Waals surface area contributed by atoms with Crippen LogP contribution in [0.3, 0.4) is 0 Å². The van der Waals surface area contributed by atoms with Gasteiger partial charge in [-0.15, -0.1) is 0 Å². The molecule has 2 unspecified atom stereocenters. The molecule has 3 heteroatoms. The molecule has 20 heavy (non-hydrogen) atoms. The van der Waals surface area contributed by atoms with E-state index in [2.05, 4.69) is 52.3 Å². The van der Waals surface area contributed by atoms with Gasteiger partial charge < -0.3 is 10.5 Å². The van der Waals surface area contributed by atoms with Crippen LogP contribution >= 0.6 is 15.9 Å². The smallest absolute Gasteiger partial charge is 0.127 e. The number of ether oxygens (including phenoxy) is 1. The van der Waals surface area contributed by atoms with Crippen molar-refractivity contribution in [2.75, 3.05) is 6.61 Å². The third-order valence-electron chi connectivity index (χ3n) is 4.46. The van der Waals surface area contributed by atoms with Gasteiger partial charge in [0.2, 0.25) is 0 Å². The van der Waals surface area contributed by atoms with Gasteiger partial charge in [-0.1, -0.05) is 40.2 Å². The number of rotatable bonds is 2. The van der Waals surface area contributed by atoms with Gasteiger partial charge in [0, 0.05) is 28.4 Å². The van der Waals surface area contributed by atoms with Gasteiger partial charge in [-0.05, 0) is 35.2 Å². The van der Waals surface area contributed by atoms with Crippen LogP contribution in [0.5, 0.6) is 5.75 Å². The predicted octanol–water partition coefficient (Wildman–Crippen LogP) is 3.72. The van der Waals surface area contributed by atoms with Crippen LogP contribution in [0.4, 0.5) is 0 Å². The first kappa shape index (κ1) is 12.4. The maximum Gasteiger partial charge on any atom is 0.127 e. The van der Waals surface area contributed by atoms with Gasteiger partial charge >= 0.3 is 0 Å². The van der Waals surface area contributed by atoms with E-state index in [1.807, 2.05) is 0 Å². The normalized spacial score (nSPS) is 20.6. The van der Waals surface area contributed by atoms with Gasteiger partial charge in [0.25, 0.3) is 0 Å². The molecule has 0 saturated heterocycles. The summed E-state index contributed by atoms with van der Waals surface area (Å²) in [5.74, 6) is 1.43. The predicted molar refractivity (Wildman–Crippen MR) is 83.2 cm³/mol. The summed E-state index contributed by atoms with van der Waals surface area (Å²) in [5.41, 5.74) is 11.8. The second kappa shape index (κ2) is 4.61. The molecule has 4 rings (SSSR count). The molecule has 2 aromatic rings. The Morgan fingerprint density at radius 2 is 2.05 bits per heavy atom. The van der Waals surface area contributed by atoms with Crippen molar-refractivity contribution in [1.29, 1.82) is 0 Å². The largest absolute Gasteiger partial charge is 0.493 e. The van der Waals surface area contributed by atoms with Crippen LogP contribution in [0.2, 0.25) is 0 Å². The van der Waals surface area contributed by atoms with E-state index in [0.717, 1.165) is 35.2 Å². The van der Waals surface area contributed by atoms with E-state index in [0.29, 0.717) is 5.92 Å². The van der Waals surface area contributed by atoms with Crippen LogP contribution in [0.15, 0.2) is 40.9 Å². The zero-order valence-corrected chi connectivity index (χ0v) is 12.7. The van der Waals surface area contributed by atoms with E-state index in [1.165, 1.54) is 16.7 Å². The molecule has 2 nitrogen and oxygen atoms in total. The van der Waals surface area contributed by atoms with Gasteiger partial charge in [-0.2, -0.15) is 0 Å². The summed E-state index contributed by atoms with van der Waals surface area (Å²) in [6, 6.07) is 12.9. The molecular weight excluding hydrogens is 314 g/mol. The van der Waals surface area contributed by atoms with Crippen molar-refractivity contribution >= 4 is 15.9 Å². The molecule has 0 radical (unpaired) electrons. The third kappa shape index (κ3) is 1.80. The SMILES string of the molecule is NC(c1cc(Br)cc2c1OCC2)C1Cc2ccccc21. The molecular formula is C17H16BrNO. The fraction of sp³-hybridized carbons (Fsp3) is 0.294. The zero-order chi connectivity index (χ0) is 13.7. The number of fused-ring (bicyclic) bond motifs is 2. The van der Waals surface area contributed by atoms with Crippen LogP contribution in [-0.2, 0) is 12.8 Å². The summed E-state index contributed by atoms with van der Waals surface area (Å²) in [4.78, 5) is 0. The lowest BCUT2D eigenvalue weighted by atomic mass is 9.72. The Bertz CT molecular complexity index is 683. The lowest BCUT2D eigenvalue weighted by molar-refractivity contribution is 0.347. The molecule has 2 atom stereocenters. The van der Waals surface area contributed by atoms with E-state index >= 15 is 0 Å². The minimum absolute atomic E-state index is 0.00856. The Morgan fingerprint density at radius 1 is 1.20 bits per heavy atom. The molecule has 102 valence electrons. The highest BCUT2D eigenvalue weighted by Gasteiger charge is 2.34. The van der Waals surface area contributed by atoms with Gasteiger partial charge in [0.15, 0.2) is 0 Å². The molecule has 0 saturated carbocycles. The van der Waals surface area contributed by atoms with Crippen LogP contribution < -0.4 is 10.5 Å². The minimum Gasteiger partial charge on any atom is -0.493 e. The second-order valence-corrected chi connectivity index (χ2v) is 6.53. The van der Waals surface area contributed by atoms with Crippen molar-refractivity contribution in [1.82, 2.24) is 0 Å². The lowest BCUT2D eigenvalue weighted by Crippen LogP contribution is -2.29. The summed E-state index contributed by atoms with van der Waals surface area (Å²) < 4.78 is 6.91. The monoisotopic (exact) mass is 329 g/mol. The summed E-state index contributed by atoms with van der Waals surface area (Å²) >= 11 is 3.59. The van der Waals surface area contributed by atoms with Crippen LogP contribution in [0.1, 0.15) is 34.2 Å². The molecule has 1 heterocycles. The summed E-state index contributed by atoms with van der Waals surface area (Å²) in [6.07, 6.45) is 2.05. The van der Waals surface area contributed by atoms with E-state index in [1.54, 1.807) is 0 Å². The Hall–Kier alpha value is -1.32. The summed E-state index contributed by atoms with van der Waals surface area (Å²) in [7, 11) is 0. The Morgan fingerprint density at radius 3 is 2.90 bits per heavy atom. The lowest BCUT2D eigenvalue weighted by Gasteiger charge is -2.35. The number of benzene rings is 2. The number of hydrogen-bond donors (Lipinski definition) is 1. The highest BCUT2D eigenvalue weighted by atomic mass is 79.9. The van der Waals surface area contributed by atoms with Crippen molar-refractivity contribution < 1.29 is 4.74 Å². The fourth-order valence-electron chi connectivity index (χ4n) is 3.38. The molecule has 0 fully saturated rings.